The maximum atomic E-state index is 13.2. The number of benzene rings is 1. The smallest absolute Gasteiger partial charge is 0.270 e. The van der Waals surface area contributed by atoms with Crippen molar-refractivity contribution in [3.63, 3.8) is 0 Å². The molecule has 2 aliphatic rings. The van der Waals surface area contributed by atoms with Crippen molar-refractivity contribution >= 4 is 22.8 Å². The number of rotatable bonds is 7. The highest BCUT2D eigenvalue weighted by Crippen LogP contribution is 2.37. The Morgan fingerprint density at radius 3 is 2.76 bits per heavy atom. The molecule has 1 aromatic carbocycles. The number of aryl methyl sites for hydroxylation is 1. The van der Waals surface area contributed by atoms with E-state index in [1.165, 1.54) is 0 Å². The Labute approximate surface area is 199 Å². The second-order valence-corrected chi connectivity index (χ2v) is 9.96. The molecular weight excluding hydrogens is 428 g/mol. The van der Waals surface area contributed by atoms with E-state index < -0.39 is 0 Å². The van der Waals surface area contributed by atoms with E-state index in [0.717, 1.165) is 73.4 Å². The highest BCUT2D eigenvalue weighted by Gasteiger charge is 2.32. The van der Waals surface area contributed by atoms with Gasteiger partial charge in [0.1, 0.15) is 11.5 Å². The van der Waals surface area contributed by atoms with Crippen LogP contribution in [-0.4, -0.2) is 38.1 Å². The lowest BCUT2D eigenvalue weighted by molar-refractivity contribution is -0.122. The van der Waals surface area contributed by atoms with Crippen LogP contribution in [0, 0.1) is 17.8 Å². The van der Waals surface area contributed by atoms with Crippen LogP contribution >= 0.6 is 0 Å². The van der Waals surface area contributed by atoms with E-state index in [-0.39, 0.29) is 23.8 Å². The zero-order chi connectivity index (χ0) is 23.7. The number of aromatic nitrogens is 4. The summed E-state index contributed by atoms with van der Waals surface area (Å²) in [6.07, 6.45) is 7.75. The Morgan fingerprint density at radius 1 is 1.21 bits per heavy atom. The minimum atomic E-state index is -0.184. The number of hydrogen-bond acceptors (Lipinski definition) is 4. The molecule has 2 atom stereocenters. The Kier molecular flexibility index (Phi) is 6.39. The summed E-state index contributed by atoms with van der Waals surface area (Å²) in [6.45, 7) is 5.69. The molecule has 2 amide bonds. The molecule has 0 radical (unpaired) electrons. The Hall–Kier alpha value is -3.16. The summed E-state index contributed by atoms with van der Waals surface area (Å²) < 4.78 is 1.72. The van der Waals surface area contributed by atoms with E-state index >= 15 is 0 Å². The monoisotopic (exact) mass is 462 g/mol. The molecule has 3 heterocycles. The van der Waals surface area contributed by atoms with Gasteiger partial charge in [-0.2, -0.15) is 5.10 Å². The summed E-state index contributed by atoms with van der Waals surface area (Å²) in [6, 6.07) is 7.77. The summed E-state index contributed by atoms with van der Waals surface area (Å²) in [7, 11) is 0. The normalized spacial score (nSPS) is 23.7. The molecule has 3 aromatic rings. The number of H-pyrrole nitrogens is 1. The number of nitrogens with zero attached hydrogens (tertiary/aromatic N) is 3. The first kappa shape index (κ1) is 22.6. The predicted molar refractivity (Wildman–Crippen MR) is 130 cm³/mol. The third-order valence-corrected chi connectivity index (χ3v) is 7.57. The molecule has 1 aliphatic carbocycles. The quantitative estimate of drug-likeness (QED) is 0.497. The van der Waals surface area contributed by atoms with Crippen molar-refractivity contribution in [2.45, 2.75) is 65.0 Å². The second-order valence-electron chi connectivity index (χ2n) is 9.96. The standard InChI is InChI=1S/C26H34N6O2/c1-3-32-22(11-13-28-32)26(34)31-23(18-7-4-16(2)5-8-18)24-29-20-9-6-17(15-21(20)30-24)14-19-10-12-27-25(19)33/h6,9,11,13,15-16,18-19,23H,3-5,7-8,10,12,14H2,1-2H3,(H,27,33)(H,29,30)(H,31,34). The summed E-state index contributed by atoms with van der Waals surface area (Å²) in [5, 5.41) is 10.5. The van der Waals surface area contributed by atoms with Crippen molar-refractivity contribution in [2.24, 2.45) is 17.8 Å². The minimum Gasteiger partial charge on any atom is -0.356 e. The van der Waals surface area contributed by atoms with Crippen LogP contribution in [0.25, 0.3) is 11.0 Å². The Balaban J connectivity index is 1.42. The predicted octanol–water partition coefficient (Wildman–Crippen LogP) is 3.76. The molecule has 2 aromatic heterocycles. The largest absolute Gasteiger partial charge is 0.356 e. The van der Waals surface area contributed by atoms with Crippen molar-refractivity contribution in [3.05, 3.63) is 47.5 Å². The molecule has 180 valence electrons. The van der Waals surface area contributed by atoms with Gasteiger partial charge in [-0.25, -0.2) is 4.98 Å². The van der Waals surface area contributed by atoms with E-state index in [1.54, 1.807) is 16.9 Å². The van der Waals surface area contributed by atoms with E-state index in [1.807, 2.05) is 13.0 Å². The number of fused-ring (bicyclic) bond motifs is 1. The second kappa shape index (κ2) is 9.60. The molecular formula is C26H34N6O2. The molecule has 0 spiro atoms. The minimum absolute atomic E-state index is 0.0412. The molecule has 1 aliphatic heterocycles. The molecule has 1 saturated carbocycles. The lowest BCUT2D eigenvalue weighted by Gasteiger charge is -2.32. The fraction of sp³-hybridized carbons (Fsp3) is 0.538. The first-order valence-electron chi connectivity index (χ1n) is 12.6. The van der Waals surface area contributed by atoms with Crippen molar-refractivity contribution < 1.29 is 9.59 Å². The molecule has 8 heteroatoms. The fourth-order valence-electron chi connectivity index (χ4n) is 5.50. The summed E-state index contributed by atoms with van der Waals surface area (Å²) in [5.74, 6) is 1.93. The number of amides is 2. The van der Waals surface area contributed by atoms with E-state index in [4.69, 9.17) is 4.98 Å². The van der Waals surface area contributed by atoms with Crippen LogP contribution in [0.1, 0.15) is 73.9 Å². The average Bonchev–Trinajstić information content (AvgIpc) is 3.57. The van der Waals surface area contributed by atoms with Gasteiger partial charge in [0, 0.05) is 25.2 Å². The van der Waals surface area contributed by atoms with Gasteiger partial charge in [-0.1, -0.05) is 25.8 Å². The lowest BCUT2D eigenvalue weighted by Crippen LogP contribution is -2.36. The summed E-state index contributed by atoms with van der Waals surface area (Å²) >= 11 is 0. The molecule has 2 unspecified atom stereocenters. The zero-order valence-electron chi connectivity index (χ0n) is 20.0. The molecule has 0 bridgehead atoms. The lowest BCUT2D eigenvalue weighted by atomic mass is 9.79. The van der Waals surface area contributed by atoms with Gasteiger partial charge in [-0.3, -0.25) is 14.3 Å². The van der Waals surface area contributed by atoms with Crippen molar-refractivity contribution in [2.75, 3.05) is 6.54 Å². The van der Waals surface area contributed by atoms with Crippen LogP contribution in [0.4, 0.5) is 0 Å². The third-order valence-electron chi connectivity index (χ3n) is 7.57. The highest BCUT2D eigenvalue weighted by molar-refractivity contribution is 5.92. The van der Waals surface area contributed by atoms with Gasteiger partial charge >= 0.3 is 0 Å². The molecule has 34 heavy (non-hydrogen) atoms. The topological polar surface area (TPSA) is 105 Å². The van der Waals surface area contributed by atoms with E-state index in [2.05, 4.69) is 39.8 Å². The highest BCUT2D eigenvalue weighted by atomic mass is 16.2. The molecule has 8 nitrogen and oxygen atoms in total. The number of imidazole rings is 1. The van der Waals surface area contributed by atoms with Gasteiger partial charge in [0.05, 0.1) is 17.1 Å². The summed E-state index contributed by atoms with van der Waals surface area (Å²) in [5.41, 5.74) is 3.54. The number of carbonyl (C=O) groups excluding carboxylic acids is 2. The fourth-order valence-corrected chi connectivity index (χ4v) is 5.50. The summed E-state index contributed by atoms with van der Waals surface area (Å²) in [4.78, 5) is 33.6. The maximum Gasteiger partial charge on any atom is 0.270 e. The van der Waals surface area contributed by atoms with Crippen LogP contribution in [-0.2, 0) is 17.8 Å². The number of nitrogens with one attached hydrogen (secondary N) is 3. The van der Waals surface area contributed by atoms with Gasteiger partial charge in [0.15, 0.2) is 0 Å². The van der Waals surface area contributed by atoms with E-state index in [0.29, 0.717) is 18.2 Å². The maximum absolute atomic E-state index is 13.2. The van der Waals surface area contributed by atoms with Crippen LogP contribution in [0.2, 0.25) is 0 Å². The van der Waals surface area contributed by atoms with Crippen LogP contribution in [0.15, 0.2) is 30.5 Å². The Morgan fingerprint density at radius 2 is 2.03 bits per heavy atom. The van der Waals surface area contributed by atoms with Crippen LogP contribution in [0.3, 0.4) is 0 Å². The third kappa shape index (κ3) is 4.58. The number of aromatic amines is 1. The van der Waals surface area contributed by atoms with Gasteiger partial charge in [-0.05, 0) is 68.2 Å². The van der Waals surface area contributed by atoms with Crippen molar-refractivity contribution in [3.8, 4) is 0 Å². The zero-order valence-corrected chi connectivity index (χ0v) is 20.0. The molecule has 5 rings (SSSR count). The Bertz CT molecular complexity index is 1170. The number of carbonyl (C=O) groups is 2. The van der Waals surface area contributed by atoms with Crippen LogP contribution < -0.4 is 10.6 Å². The van der Waals surface area contributed by atoms with Crippen molar-refractivity contribution in [1.82, 2.24) is 30.4 Å². The number of hydrogen-bond donors (Lipinski definition) is 3. The van der Waals surface area contributed by atoms with Crippen LogP contribution in [0.5, 0.6) is 0 Å². The van der Waals surface area contributed by atoms with Gasteiger partial charge < -0.3 is 15.6 Å². The van der Waals surface area contributed by atoms with Gasteiger partial charge in [0.25, 0.3) is 5.91 Å². The average molecular weight is 463 g/mol. The molecule has 1 saturated heterocycles. The molecule has 2 fully saturated rings. The molecule has 3 N–H and O–H groups in total. The first-order valence-corrected chi connectivity index (χ1v) is 12.6. The van der Waals surface area contributed by atoms with Gasteiger partial charge in [-0.15, -0.1) is 0 Å². The van der Waals surface area contributed by atoms with Crippen molar-refractivity contribution in [1.29, 1.82) is 0 Å². The SMILES string of the molecule is CCn1nccc1C(=O)NC(c1nc2ccc(CC3CCNC3=O)cc2[nH]1)C1CCC(C)CC1. The first-order chi connectivity index (χ1) is 16.5. The van der Waals surface area contributed by atoms with E-state index in [9.17, 15) is 9.59 Å². The van der Waals surface area contributed by atoms with Gasteiger partial charge in [0.2, 0.25) is 5.91 Å².